The highest BCUT2D eigenvalue weighted by Gasteiger charge is 2.22. The van der Waals surface area contributed by atoms with Crippen molar-refractivity contribution in [1.82, 2.24) is 10.2 Å². The van der Waals surface area contributed by atoms with Gasteiger partial charge < -0.3 is 16.0 Å². The fourth-order valence-corrected chi connectivity index (χ4v) is 2.24. The number of carbonyl (C=O) groups is 2. The lowest BCUT2D eigenvalue weighted by atomic mass is 9.94. The van der Waals surface area contributed by atoms with Crippen LogP contribution < -0.4 is 11.1 Å². The van der Waals surface area contributed by atoms with Crippen LogP contribution in [-0.2, 0) is 9.59 Å². The summed E-state index contributed by atoms with van der Waals surface area (Å²) in [5.41, 5.74) is 5.40. The van der Waals surface area contributed by atoms with Crippen molar-refractivity contribution >= 4 is 11.8 Å². The highest BCUT2D eigenvalue weighted by atomic mass is 16.2. The van der Waals surface area contributed by atoms with Crippen molar-refractivity contribution in [2.24, 2.45) is 11.7 Å². The molecule has 0 spiro atoms. The molecule has 5 heteroatoms. The Hall–Kier alpha value is -1.10. The minimum absolute atomic E-state index is 0.0144. The van der Waals surface area contributed by atoms with E-state index in [-0.39, 0.29) is 24.3 Å². The van der Waals surface area contributed by atoms with Crippen LogP contribution in [0.5, 0.6) is 0 Å². The molecular formula is C13H25N3O2. The second-order valence-corrected chi connectivity index (χ2v) is 5.15. The first kappa shape index (κ1) is 15.0. The van der Waals surface area contributed by atoms with Crippen molar-refractivity contribution in [3.63, 3.8) is 0 Å². The molecule has 1 rings (SSSR count). The maximum Gasteiger partial charge on any atom is 0.241 e. The monoisotopic (exact) mass is 255 g/mol. The van der Waals surface area contributed by atoms with Crippen molar-refractivity contribution in [2.45, 2.75) is 45.1 Å². The lowest BCUT2D eigenvalue weighted by molar-refractivity contribution is -0.134. The first-order chi connectivity index (χ1) is 8.56. The Labute approximate surface area is 109 Å². The number of nitrogens with two attached hydrogens (primary N) is 1. The quantitative estimate of drug-likeness (QED) is 0.750. The highest BCUT2D eigenvalue weighted by Crippen LogP contribution is 2.21. The number of nitrogens with zero attached hydrogens (tertiary/aromatic N) is 1. The van der Waals surface area contributed by atoms with E-state index in [1.54, 1.807) is 11.8 Å². The molecule has 0 aromatic rings. The van der Waals surface area contributed by atoms with E-state index in [1.165, 1.54) is 19.3 Å². The third kappa shape index (κ3) is 4.29. The summed E-state index contributed by atoms with van der Waals surface area (Å²) in [6, 6.07) is 0.343. The van der Waals surface area contributed by atoms with E-state index in [2.05, 4.69) is 5.32 Å². The van der Waals surface area contributed by atoms with Crippen LogP contribution in [0.1, 0.15) is 39.0 Å². The van der Waals surface area contributed by atoms with Gasteiger partial charge in [-0.1, -0.05) is 26.2 Å². The topological polar surface area (TPSA) is 75.4 Å². The normalized spacial score (nSPS) is 18.2. The molecule has 1 atom stereocenters. The van der Waals surface area contributed by atoms with Gasteiger partial charge in [0.25, 0.3) is 0 Å². The molecular weight excluding hydrogens is 230 g/mol. The van der Waals surface area contributed by atoms with E-state index in [1.807, 2.05) is 7.05 Å². The van der Waals surface area contributed by atoms with Crippen molar-refractivity contribution in [3.8, 4) is 0 Å². The molecule has 104 valence electrons. The van der Waals surface area contributed by atoms with Gasteiger partial charge in [0, 0.05) is 25.6 Å². The van der Waals surface area contributed by atoms with E-state index in [0.717, 1.165) is 12.8 Å². The summed E-state index contributed by atoms with van der Waals surface area (Å²) in [7, 11) is 1.83. The van der Waals surface area contributed by atoms with E-state index < -0.39 is 0 Å². The molecule has 0 saturated heterocycles. The zero-order chi connectivity index (χ0) is 13.5. The van der Waals surface area contributed by atoms with Crippen LogP contribution in [0.15, 0.2) is 0 Å². The molecule has 1 fully saturated rings. The minimum Gasteiger partial charge on any atom is -0.347 e. The Morgan fingerprint density at radius 1 is 1.33 bits per heavy atom. The van der Waals surface area contributed by atoms with Gasteiger partial charge >= 0.3 is 0 Å². The summed E-state index contributed by atoms with van der Waals surface area (Å²) in [5, 5.41) is 2.64. The average Bonchev–Trinajstić information content (AvgIpc) is 2.43. The second-order valence-electron chi connectivity index (χ2n) is 5.15. The van der Waals surface area contributed by atoms with E-state index in [0.29, 0.717) is 12.6 Å². The molecule has 0 heterocycles. The van der Waals surface area contributed by atoms with Gasteiger partial charge in [-0.25, -0.2) is 0 Å². The van der Waals surface area contributed by atoms with Crippen LogP contribution in [0, 0.1) is 5.92 Å². The van der Waals surface area contributed by atoms with Gasteiger partial charge in [0.1, 0.15) is 0 Å². The number of hydrogen-bond donors (Lipinski definition) is 2. The molecule has 2 amide bonds. The lowest BCUT2D eigenvalue weighted by Gasteiger charge is -2.31. The third-order valence-corrected chi connectivity index (χ3v) is 3.73. The fourth-order valence-electron chi connectivity index (χ4n) is 2.24. The van der Waals surface area contributed by atoms with E-state index in [4.69, 9.17) is 5.73 Å². The third-order valence-electron chi connectivity index (χ3n) is 3.73. The first-order valence-electron chi connectivity index (χ1n) is 6.79. The van der Waals surface area contributed by atoms with Crippen LogP contribution in [-0.4, -0.2) is 42.9 Å². The molecule has 5 nitrogen and oxygen atoms in total. The Bertz CT molecular complexity index is 288. The maximum absolute atomic E-state index is 11.9. The molecule has 0 radical (unpaired) electrons. The Balaban J connectivity index is 2.33. The summed E-state index contributed by atoms with van der Waals surface area (Å²) in [6.07, 6.45) is 5.81. The summed E-state index contributed by atoms with van der Waals surface area (Å²) >= 11 is 0. The van der Waals surface area contributed by atoms with Crippen molar-refractivity contribution in [3.05, 3.63) is 0 Å². The van der Waals surface area contributed by atoms with Gasteiger partial charge in [-0.3, -0.25) is 9.59 Å². The van der Waals surface area contributed by atoms with Crippen LogP contribution in [0.4, 0.5) is 0 Å². The predicted molar refractivity (Wildman–Crippen MR) is 70.9 cm³/mol. The second kappa shape index (κ2) is 7.36. The molecule has 0 aliphatic heterocycles. The number of rotatable bonds is 5. The standard InChI is InChI=1S/C13H25N3O2/c1-10(8-14)13(18)15-9-12(17)16(2)11-6-4-3-5-7-11/h10-11H,3-9,14H2,1-2H3,(H,15,18). The van der Waals surface area contributed by atoms with Gasteiger partial charge in [-0.15, -0.1) is 0 Å². The van der Waals surface area contributed by atoms with Crippen molar-refractivity contribution in [2.75, 3.05) is 20.1 Å². The van der Waals surface area contributed by atoms with Gasteiger partial charge in [0.05, 0.1) is 6.54 Å². The summed E-state index contributed by atoms with van der Waals surface area (Å²) < 4.78 is 0. The zero-order valence-corrected chi connectivity index (χ0v) is 11.4. The number of amides is 2. The van der Waals surface area contributed by atoms with Crippen molar-refractivity contribution < 1.29 is 9.59 Å². The molecule has 1 aliphatic carbocycles. The Morgan fingerprint density at radius 2 is 1.94 bits per heavy atom. The van der Waals surface area contributed by atoms with Gasteiger partial charge in [-0.05, 0) is 12.8 Å². The fraction of sp³-hybridized carbons (Fsp3) is 0.846. The molecule has 0 aromatic heterocycles. The van der Waals surface area contributed by atoms with E-state index in [9.17, 15) is 9.59 Å². The first-order valence-corrected chi connectivity index (χ1v) is 6.79. The minimum atomic E-state index is -0.238. The van der Waals surface area contributed by atoms with Gasteiger partial charge in [0.2, 0.25) is 11.8 Å². The van der Waals surface area contributed by atoms with E-state index >= 15 is 0 Å². The maximum atomic E-state index is 11.9. The SMILES string of the molecule is CC(CN)C(=O)NCC(=O)N(C)C1CCCCC1. The molecule has 0 aromatic carbocycles. The molecule has 1 aliphatic rings. The smallest absolute Gasteiger partial charge is 0.241 e. The summed E-state index contributed by atoms with van der Waals surface area (Å²) in [5.74, 6) is -0.403. The number of carbonyl (C=O) groups excluding carboxylic acids is 2. The number of hydrogen-bond acceptors (Lipinski definition) is 3. The summed E-state index contributed by atoms with van der Waals surface area (Å²) in [6.45, 7) is 2.14. The largest absolute Gasteiger partial charge is 0.347 e. The Morgan fingerprint density at radius 3 is 2.50 bits per heavy atom. The van der Waals surface area contributed by atoms with Crippen LogP contribution in [0.3, 0.4) is 0 Å². The number of nitrogens with one attached hydrogen (secondary N) is 1. The highest BCUT2D eigenvalue weighted by molar-refractivity contribution is 5.85. The van der Waals surface area contributed by atoms with Crippen LogP contribution in [0.2, 0.25) is 0 Å². The molecule has 0 bridgehead atoms. The molecule has 1 saturated carbocycles. The molecule has 3 N–H and O–H groups in total. The summed E-state index contributed by atoms with van der Waals surface area (Å²) in [4.78, 5) is 25.2. The molecule has 1 unspecified atom stereocenters. The van der Waals surface area contributed by atoms with Crippen molar-refractivity contribution in [1.29, 1.82) is 0 Å². The van der Waals surface area contributed by atoms with Crippen LogP contribution >= 0.6 is 0 Å². The Kier molecular flexibility index (Phi) is 6.12. The predicted octanol–water partition coefficient (Wildman–Crippen LogP) is 0.489. The lowest BCUT2D eigenvalue weighted by Crippen LogP contribution is -2.45. The van der Waals surface area contributed by atoms with Crippen LogP contribution in [0.25, 0.3) is 0 Å². The molecule has 18 heavy (non-hydrogen) atoms. The zero-order valence-electron chi connectivity index (χ0n) is 11.4. The van der Waals surface area contributed by atoms with Gasteiger partial charge in [0.15, 0.2) is 0 Å². The van der Waals surface area contributed by atoms with Gasteiger partial charge in [-0.2, -0.15) is 0 Å². The average molecular weight is 255 g/mol. The number of likely N-dealkylation sites (N-methyl/N-ethyl adjacent to an activating group) is 1.